The van der Waals surface area contributed by atoms with E-state index >= 15 is 0 Å². The molecule has 1 amide bonds. The van der Waals surface area contributed by atoms with Crippen molar-refractivity contribution in [2.24, 2.45) is 0 Å². The molecular formula is C16H25N3O4S. The van der Waals surface area contributed by atoms with Crippen LogP contribution >= 0.6 is 0 Å². The lowest BCUT2D eigenvalue weighted by molar-refractivity contribution is 0.0383. The zero-order valence-corrected chi connectivity index (χ0v) is 15.0. The molecule has 1 aliphatic heterocycles. The summed E-state index contributed by atoms with van der Waals surface area (Å²) in [5.74, 6) is -0.155. The number of carbonyl (C=O) groups is 1. The van der Waals surface area contributed by atoms with Gasteiger partial charge in [0, 0.05) is 38.3 Å². The largest absolute Gasteiger partial charge is 0.379 e. The quantitative estimate of drug-likeness (QED) is 0.772. The monoisotopic (exact) mass is 355 g/mol. The van der Waals surface area contributed by atoms with Gasteiger partial charge in [-0.05, 0) is 31.2 Å². The van der Waals surface area contributed by atoms with Crippen LogP contribution in [0.15, 0.2) is 24.3 Å². The molecule has 0 saturated carbocycles. The van der Waals surface area contributed by atoms with E-state index in [4.69, 9.17) is 4.74 Å². The molecule has 7 nitrogen and oxygen atoms in total. The van der Waals surface area contributed by atoms with E-state index in [9.17, 15) is 13.2 Å². The third-order valence-electron chi connectivity index (χ3n) is 3.92. The van der Waals surface area contributed by atoms with Crippen LogP contribution in [0.4, 0.5) is 5.69 Å². The summed E-state index contributed by atoms with van der Waals surface area (Å²) in [4.78, 5) is 14.4. The van der Waals surface area contributed by atoms with E-state index in [-0.39, 0.29) is 5.91 Å². The fraction of sp³-hybridized carbons (Fsp3) is 0.562. The molecule has 1 heterocycles. The van der Waals surface area contributed by atoms with Gasteiger partial charge in [-0.3, -0.25) is 14.0 Å². The smallest absolute Gasteiger partial charge is 0.251 e. The van der Waals surface area contributed by atoms with Crippen LogP contribution in [0, 0.1) is 0 Å². The number of ether oxygens (including phenoxy) is 1. The highest BCUT2D eigenvalue weighted by Gasteiger charge is 2.16. The average molecular weight is 355 g/mol. The van der Waals surface area contributed by atoms with E-state index in [0.717, 1.165) is 32.8 Å². The number of morpholine rings is 1. The Morgan fingerprint density at radius 2 is 1.88 bits per heavy atom. The Balaban J connectivity index is 1.88. The van der Waals surface area contributed by atoms with Gasteiger partial charge in [-0.15, -0.1) is 0 Å². The first-order valence-corrected chi connectivity index (χ1v) is 9.92. The van der Waals surface area contributed by atoms with Gasteiger partial charge in [-0.2, -0.15) is 0 Å². The summed E-state index contributed by atoms with van der Waals surface area (Å²) < 4.78 is 30.0. The maximum absolute atomic E-state index is 12.1. The number of hydrogen-bond acceptors (Lipinski definition) is 5. The number of amides is 1. The van der Waals surface area contributed by atoms with E-state index in [2.05, 4.69) is 10.2 Å². The third-order valence-corrected chi connectivity index (χ3v) is 5.19. The fourth-order valence-corrected chi connectivity index (χ4v) is 3.62. The summed E-state index contributed by atoms with van der Waals surface area (Å²) in [6.07, 6.45) is 1.17. The minimum Gasteiger partial charge on any atom is -0.379 e. The molecule has 8 heteroatoms. The van der Waals surface area contributed by atoms with Crippen molar-refractivity contribution in [1.82, 2.24) is 10.2 Å². The molecule has 0 spiro atoms. The molecule has 1 aliphatic rings. The molecule has 134 valence electrons. The van der Waals surface area contributed by atoms with Gasteiger partial charge in [0.1, 0.15) is 0 Å². The van der Waals surface area contributed by atoms with Gasteiger partial charge >= 0.3 is 0 Å². The summed E-state index contributed by atoms with van der Waals surface area (Å²) in [6, 6.07) is 6.60. The summed E-state index contributed by atoms with van der Waals surface area (Å²) in [5.41, 5.74) is 1.08. The Morgan fingerprint density at radius 1 is 1.25 bits per heavy atom. The molecule has 0 aliphatic carbocycles. The fourth-order valence-electron chi connectivity index (χ4n) is 2.64. The summed E-state index contributed by atoms with van der Waals surface area (Å²) in [6.45, 7) is 6.76. The Labute approximate surface area is 143 Å². The second-order valence-electron chi connectivity index (χ2n) is 5.68. The van der Waals surface area contributed by atoms with Gasteiger partial charge in [-0.25, -0.2) is 8.42 Å². The minimum atomic E-state index is -3.31. The Morgan fingerprint density at radius 3 is 2.42 bits per heavy atom. The number of benzene rings is 1. The van der Waals surface area contributed by atoms with E-state index in [0.29, 0.717) is 24.3 Å². The molecule has 0 atom stereocenters. The highest BCUT2D eigenvalue weighted by Crippen LogP contribution is 2.17. The average Bonchev–Trinajstić information content (AvgIpc) is 2.56. The Kier molecular flexibility index (Phi) is 6.59. The molecule has 1 aromatic rings. The molecule has 1 fully saturated rings. The van der Waals surface area contributed by atoms with Gasteiger partial charge < -0.3 is 10.1 Å². The van der Waals surface area contributed by atoms with Crippen molar-refractivity contribution in [2.75, 3.05) is 56.5 Å². The van der Waals surface area contributed by atoms with Crippen molar-refractivity contribution < 1.29 is 17.9 Å². The van der Waals surface area contributed by atoms with Gasteiger partial charge in [0.15, 0.2) is 0 Å². The Bertz CT molecular complexity index is 640. The molecule has 0 bridgehead atoms. The number of hydrogen-bond donors (Lipinski definition) is 1. The number of nitrogens with zero attached hydrogens (tertiary/aromatic N) is 2. The highest BCUT2D eigenvalue weighted by molar-refractivity contribution is 7.92. The van der Waals surface area contributed by atoms with Crippen LogP contribution in [0.2, 0.25) is 0 Å². The Hall–Kier alpha value is -1.64. The van der Waals surface area contributed by atoms with Crippen LogP contribution in [0.3, 0.4) is 0 Å². The van der Waals surface area contributed by atoms with E-state index in [1.165, 1.54) is 10.6 Å². The number of sulfonamides is 1. The highest BCUT2D eigenvalue weighted by atomic mass is 32.2. The topological polar surface area (TPSA) is 79.0 Å². The lowest BCUT2D eigenvalue weighted by Crippen LogP contribution is -2.41. The summed E-state index contributed by atoms with van der Waals surface area (Å²) >= 11 is 0. The van der Waals surface area contributed by atoms with Crippen molar-refractivity contribution in [3.8, 4) is 0 Å². The van der Waals surface area contributed by atoms with E-state index < -0.39 is 10.0 Å². The maximum atomic E-state index is 12.1. The number of carbonyl (C=O) groups excluding carboxylic acids is 1. The second kappa shape index (κ2) is 8.46. The standard InChI is InChI=1S/C16H25N3O4S/c1-3-19(24(2,21)22)15-6-4-14(5-7-15)16(20)17-8-9-18-10-12-23-13-11-18/h4-7H,3,8-13H2,1-2H3,(H,17,20). The molecule has 0 aromatic heterocycles. The van der Waals surface area contributed by atoms with Crippen molar-refractivity contribution in [3.63, 3.8) is 0 Å². The van der Waals surface area contributed by atoms with E-state index in [1.807, 2.05) is 0 Å². The number of nitrogens with one attached hydrogen (secondary N) is 1. The summed E-state index contributed by atoms with van der Waals surface area (Å²) in [5, 5.41) is 2.89. The molecule has 24 heavy (non-hydrogen) atoms. The lowest BCUT2D eigenvalue weighted by atomic mass is 10.2. The molecule has 1 aromatic carbocycles. The van der Waals surface area contributed by atoms with Gasteiger partial charge in [0.05, 0.1) is 25.2 Å². The first-order valence-electron chi connectivity index (χ1n) is 8.08. The van der Waals surface area contributed by atoms with Crippen LogP contribution in [0.1, 0.15) is 17.3 Å². The van der Waals surface area contributed by atoms with E-state index in [1.54, 1.807) is 31.2 Å². The molecule has 0 radical (unpaired) electrons. The molecular weight excluding hydrogens is 330 g/mol. The van der Waals surface area contributed by atoms with Crippen LogP contribution in [0.25, 0.3) is 0 Å². The van der Waals surface area contributed by atoms with Crippen molar-refractivity contribution in [3.05, 3.63) is 29.8 Å². The third kappa shape index (κ3) is 5.19. The van der Waals surface area contributed by atoms with Crippen LogP contribution in [-0.2, 0) is 14.8 Å². The van der Waals surface area contributed by atoms with Gasteiger partial charge in [0.25, 0.3) is 5.91 Å². The second-order valence-corrected chi connectivity index (χ2v) is 7.59. The lowest BCUT2D eigenvalue weighted by Gasteiger charge is -2.26. The SMILES string of the molecule is CCN(c1ccc(C(=O)NCCN2CCOCC2)cc1)S(C)(=O)=O. The van der Waals surface area contributed by atoms with Gasteiger partial charge in [0.2, 0.25) is 10.0 Å². The van der Waals surface area contributed by atoms with Crippen molar-refractivity contribution in [1.29, 1.82) is 0 Å². The zero-order valence-electron chi connectivity index (χ0n) is 14.2. The first kappa shape index (κ1) is 18.7. The van der Waals surface area contributed by atoms with Crippen molar-refractivity contribution in [2.45, 2.75) is 6.92 Å². The number of rotatable bonds is 7. The normalized spacial score (nSPS) is 15.9. The summed E-state index contributed by atoms with van der Waals surface area (Å²) in [7, 11) is -3.31. The molecule has 0 unspecified atom stereocenters. The first-order chi connectivity index (χ1) is 11.4. The van der Waals surface area contributed by atoms with Crippen molar-refractivity contribution >= 4 is 21.6 Å². The molecule has 1 N–H and O–H groups in total. The minimum absolute atomic E-state index is 0.155. The van der Waals surface area contributed by atoms with Gasteiger partial charge in [-0.1, -0.05) is 0 Å². The predicted octanol–water partition coefficient (Wildman–Crippen LogP) is 0.535. The van der Waals surface area contributed by atoms with Crippen LogP contribution in [-0.4, -0.2) is 71.4 Å². The maximum Gasteiger partial charge on any atom is 0.251 e. The van der Waals surface area contributed by atoms with Crippen LogP contribution in [0.5, 0.6) is 0 Å². The molecule has 2 rings (SSSR count). The predicted molar refractivity (Wildman–Crippen MR) is 93.9 cm³/mol. The van der Waals surface area contributed by atoms with Crippen LogP contribution < -0.4 is 9.62 Å². The zero-order chi connectivity index (χ0) is 17.6. The number of anilines is 1. The molecule has 1 saturated heterocycles.